The smallest absolute Gasteiger partial charge is 0.270 e. The Morgan fingerprint density at radius 2 is 2.17 bits per heavy atom. The summed E-state index contributed by atoms with van der Waals surface area (Å²) in [6.45, 7) is 0.503. The summed E-state index contributed by atoms with van der Waals surface area (Å²) in [6.07, 6.45) is 7.78. The zero-order chi connectivity index (χ0) is 12.8. The van der Waals surface area contributed by atoms with Gasteiger partial charge in [-0.2, -0.15) is 0 Å². The van der Waals surface area contributed by atoms with Crippen LogP contribution in [0.3, 0.4) is 0 Å². The number of amides is 1. The first-order valence-electron chi connectivity index (χ1n) is 6.73. The van der Waals surface area contributed by atoms with Gasteiger partial charge in [-0.1, -0.05) is 25.3 Å². The van der Waals surface area contributed by atoms with Crippen LogP contribution in [0.5, 0.6) is 0 Å². The molecule has 0 spiro atoms. The molecule has 1 fully saturated rings. The van der Waals surface area contributed by atoms with E-state index in [1.807, 2.05) is 6.07 Å². The Morgan fingerprint density at radius 1 is 1.39 bits per heavy atom. The van der Waals surface area contributed by atoms with E-state index < -0.39 is 0 Å². The van der Waals surface area contributed by atoms with Crippen LogP contribution in [-0.4, -0.2) is 23.5 Å². The number of pyridine rings is 1. The lowest BCUT2D eigenvalue weighted by Crippen LogP contribution is -2.46. The number of carbonyl (C=O) groups is 1. The van der Waals surface area contributed by atoms with Gasteiger partial charge in [-0.25, -0.2) is 0 Å². The molecule has 0 bridgehead atoms. The summed E-state index contributed by atoms with van der Waals surface area (Å²) >= 11 is 0. The molecule has 1 atom stereocenters. The molecule has 1 saturated carbocycles. The Bertz CT molecular complexity index is 374. The van der Waals surface area contributed by atoms with Crippen molar-refractivity contribution in [3.63, 3.8) is 0 Å². The fraction of sp³-hybridized carbons (Fsp3) is 0.571. The average Bonchev–Trinajstić information content (AvgIpc) is 2.46. The third-order valence-corrected chi connectivity index (χ3v) is 3.69. The van der Waals surface area contributed by atoms with E-state index in [0.717, 1.165) is 0 Å². The van der Waals surface area contributed by atoms with Crippen molar-refractivity contribution < 1.29 is 4.79 Å². The minimum Gasteiger partial charge on any atom is -0.346 e. The molecule has 0 saturated heterocycles. The molecule has 3 N–H and O–H groups in total. The topological polar surface area (TPSA) is 68.0 Å². The molecule has 1 amide bonds. The van der Waals surface area contributed by atoms with E-state index in [2.05, 4.69) is 10.3 Å². The predicted octanol–water partition coefficient (Wildman–Crippen LogP) is 1.72. The summed E-state index contributed by atoms with van der Waals surface area (Å²) in [7, 11) is 0. The van der Waals surface area contributed by atoms with Crippen LogP contribution in [0.1, 0.15) is 42.6 Å². The minimum absolute atomic E-state index is 0.0832. The first-order chi connectivity index (χ1) is 8.81. The summed E-state index contributed by atoms with van der Waals surface area (Å²) in [4.78, 5) is 16.1. The van der Waals surface area contributed by atoms with Gasteiger partial charge in [0.15, 0.2) is 0 Å². The largest absolute Gasteiger partial charge is 0.346 e. The number of nitrogens with two attached hydrogens (primary N) is 1. The Kier molecular flexibility index (Phi) is 4.70. The van der Waals surface area contributed by atoms with Crippen molar-refractivity contribution >= 4 is 5.91 Å². The fourth-order valence-electron chi connectivity index (χ4n) is 2.65. The molecule has 4 heteroatoms. The van der Waals surface area contributed by atoms with Gasteiger partial charge in [-0.05, 0) is 30.9 Å². The summed E-state index contributed by atoms with van der Waals surface area (Å²) in [6, 6.07) is 5.43. The van der Waals surface area contributed by atoms with Crippen molar-refractivity contribution in [1.82, 2.24) is 10.3 Å². The molecule has 0 aromatic carbocycles. The summed E-state index contributed by atoms with van der Waals surface area (Å²) < 4.78 is 0. The molecule has 2 rings (SSSR count). The van der Waals surface area contributed by atoms with E-state index in [-0.39, 0.29) is 11.9 Å². The minimum atomic E-state index is -0.114. The first-order valence-corrected chi connectivity index (χ1v) is 6.73. The van der Waals surface area contributed by atoms with Gasteiger partial charge in [0.05, 0.1) is 0 Å². The van der Waals surface area contributed by atoms with Crippen LogP contribution in [0.2, 0.25) is 0 Å². The zero-order valence-electron chi connectivity index (χ0n) is 10.6. The molecule has 1 aromatic rings. The summed E-state index contributed by atoms with van der Waals surface area (Å²) in [5.74, 6) is 0.410. The van der Waals surface area contributed by atoms with Crippen molar-refractivity contribution in [1.29, 1.82) is 0 Å². The van der Waals surface area contributed by atoms with Gasteiger partial charge >= 0.3 is 0 Å². The Labute approximate surface area is 108 Å². The van der Waals surface area contributed by atoms with Crippen LogP contribution in [0.25, 0.3) is 0 Å². The monoisotopic (exact) mass is 247 g/mol. The number of nitrogens with zero attached hydrogens (tertiary/aromatic N) is 1. The van der Waals surface area contributed by atoms with E-state index in [4.69, 9.17) is 5.73 Å². The second-order valence-corrected chi connectivity index (χ2v) is 4.93. The molecular weight excluding hydrogens is 226 g/mol. The summed E-state index contributed by atoms with van der Waals surface area (Å²) in [5.41, 5.74) is 6.26. The Hall–Kier alpha value is -1.42. The molecule has 4 nitrogen and oxygen atoms in total. The van der Waals surface area contributed by atoms with Crippen LogP contribution >= 0.6 is 0 Å². The van der Waals surface area contributed by atoms with E-state index >= 15 is 0 Å². The van der Waals surface area contributed by atoms with Crippen LogP contribution in [-0.2, 0) is 0 Å². The average molecular weight is 247 g/mol. The molecule has 1 aliphatic rings. The highest BCUT2D eigenvalue weighted by molar-refractivity contribution is 5.92. The third-order valence-electron chi connectivity index (χ3n) is 3.69. The van der Waals surface area contributed by atoms with E-state index in [9.17, 15) is 4.79 Å². The van der Waals surface area contributed by atoms with E-state index in [0.29, 0.717) is 18.2 Å². The Balaban J connectivity index is 1.95. The molecule has 0 radical (unpaired) electrons. The van der Waals surface area contributed by atoms with Crippen molar-refractivity contribution in [2.45, 2.75) is 38.1 Å². The van der Waals surface area contributed by atoms with Gasteiger partial charge in [-0.15, -0.1) is 0 Å². The predicted molar refractivity (Wildman–Crippen MR) is 71.1 cm³/mol. The first kappa shape index (κ1) is 13.0. The molecule has 0 aliphatic heterocycles. The maximum atomic E-state index is 12.0. The standard InChI is InChI=1S/C14H21N3O/c15-10-13(11-6-2-1-3-7-11)17-14(18)12-8-4-5-9-16-12/h4-5,8-9,11,13H,1-3,6-7,10,15H2,(H,17,18). The maximum Gasteiger partial charge on any atom is 0.270 e. The lowest BCUT2D eigenvalue weighted by Gasteiger charge is -2.29. The number of hydrogen-bond acceptors (Lipinski definition) is 3. The van der Waals surface area contributed by atoms with Gasteiger partial charge < -0.3 is 11.1 Å². The van der Waals surface area contributed by atoms with Crippen molar-refractivity contribution in [3.05, 3.63) is 30.1 Å². The second kappa shape index (κ2) is 6.50. The van der Waals surface area contributed by atoms with Gasteiger partial charge in [0.1, 0.15) is 5.69 Å². The molecule has 1 heterocycles. The van der Waals surface area contributed by atoms with E-state index in [1.54, 1.807) is 18.3 Å². The Morgan fingerprint density at radius 3 is 2.78 bits per heavy atom. The highest BCUT2D eigenvalue weighted by Gasteiger charge is 2.24. The SMILES string of the molecule is NCC(NC(=O)c1ccccn1)C1CCCCC1. The maximum absolute atomic E-state index is 12.0. The van der Waals surface area contributed by atoms with Crippen LogP contribution in [0, 0.1) is 5.92 Å². The summed E-state index contributed by atoms with van der Waals surface area (Å²) in [5, 5.41) is 3.03. The molecule has 98 valence electrons. The van der Waals surface area contributed by atoms with Crippen LogP contribution in [0.15, 0.2) is 24.4 Å². The van der Waals surface area contributed by atoms with Crippen LogP contribution in [0.4, 0.5) is 0 Å². The molecule has 18 heavy (non-hydrogen) atoms. The number of hydrogen-bond donors (Lipinski definition) is 2. The van der Waals surface area contributed by atoms with Crippen molar-refractivity contribution in [2.24, 2.45) is 11.7 Å². The second-order valence-electron chi connectivity index (χ2n) is 4.93. The molecule has 1 aromatic heterocycles. The van der Waals surface area contributed by atoms with Crippen LogP contribution < -0.4 is 11.1 Å². The van der Waals surface area contributed by atoms with Crippen molar-refractivity contribution in [3.8, 4) is 0 Å². The normalized spacial score (nSPS) is 18.3. The lowest BCUT2D eigenvalue weighted by molar-refractivity contribution is 0.0910. The van der Waals surface area contributed by atoms with Gasteiger partial charge in [-0.3, -0.25) is 9.78 Å². The third kappa shape index (κ3) is 3.29. The number of aromatic nitrogens is 1. The number of nitrogens with one attached hydrogen (secondary N) is 1. The number of rotatable bonds is 4. The van der Waals surface area contributed by atoms with Gasteiger partial charge in [0.2, 0.25) is 0 Å². The quantitative estimate of drug-likeness (QED) is 0.851. The molecule has 1 aliphatic carbocycles. The number of carbonyl (C=O) groups excluding carboxylic acids is 1. The molecule has 1 unspecified atom stereocenters. The van der Waals surface area contributed by atoms with Crippen molar-refractivity contribution in [2.75, 3.05) is 6.54 Å². The molecular formula is C14H21N3O. The highest BCUT2D eigenvalue weighted by atomic mass is 16.1. The van der Waals surface area contributed by atoms with Gasteiger partial charge in [0, 0.05) is 18.8 Å². The highest BCUT2D eigenvalue weighted by Crippen LogP contribution is 2.26. The zero-order valence-corrected chi connectivity index (χ0v) is 10.6. The van der Waals surface area contributed by atoms with Gasteiger partial charge in [0.25, 0.3) is 5.91 Å². The lowest BCUT2D eigenvalue weighted by atomic mass is 9.84. The van der Waals surface area contributed by atoms with E-state index in [1.165, 1.54) is 32.1 Å². The fourth-order valence-corrected chi connectivity index (χ4v) is 2.65.